The minimum Gasteiger partial charge on any atom is -0.352 e. The van der Waals surface area contributed by atoms with E-state index in [1.165, 1.54) is 38.5 Å². The van der Waals surface area contributed by atoms with E-state index in [0.717, 1.165) is 24.2 Å². The summed E-state index contributed by atoms with van der Waals surface area (Å²) in [5.41, 5.74) is 0. The Morgan fingerprint density at radius 1 is 1.21 bits per heavy atom. The third-order valence-corrected chi connectivity index (χ3v) is 5.74. The molecule has 0 radical (unpaired) electrons. The Morgan fingerprint density at radius 3 is 2.68 bits per heavy atom. The van der Waals surface area contributed by atoms with E-state index >= 15 is 0 Å². The Kier molecular flexibility index (Phi) is 3.84. The molecule has 1 heterocycles. The topological polar surface area (TPSA) is 41.1 Å². The van der Waals surface area contributed by atoms with E-state index in [4.69, 9.17) is 0 Å². The van der Waals surface area contributed by atoms with Crippen LogP contribution >= 0.6 is 0 Å². The molecule has 0 aromatic heterocycles. The van der Waals surface area contributed by atoms with E-state index in [2.05, 4.69) is 24.5 Å². The molecule has 3 heteroatoms. The Labute approximate surface area is 116 Å². The van der Waals surface area contributed by atoms with Crippen molar-refractivity contribution in [2.24, 2.45) is 17.8 Å². The fourth-order valence-electron chi connectivity index (χ4n) is 4.68. The molecule has 2 N–H and O–H groups in total. The van der Waals surface area contributed by atoms with E-state index < -0.39 is 0 Å². The van der Waals surface area contributed by atoms with Gasteiger partial charge in [0.1, 0.15) is 0 Å². The first-order valence-electron chi connectivity index (χ1n) is 8.20. The van der Waals surface area contributed by atoms with Gasteiger partial charge in [-0.1, -0.05) is 6.42 Å². The minimum absolute atomic E-state index is 0.0461. The number of carbonyl (C=O) groups is 1. The van der Waals surface area contributed by atoms with Crippen molar-refractivity contribution in [3.63, 3.8) is 0 Å². The monoisotopic (exact) mass is 264 g/mol. The Balaban J connectivity index is 1.51. The van der Waals surface area contributed by atoms with Crippen molar-refractivity contribution in [1.82, 2.24) is 10.6 Å². The van der Waals surface area contributed by atoms with E-state index in [1.54, 1.807) is 0 Å². The zero-order chi connectivity index (χ0) is 13.4. The summed E-state index contributed by atoms with van der Waals surface area (Å²) in [4.78, 5) is 12.3. The van der Waals surface area contributed by atoms with Gasteiger partial charge in [0.2, 0.25) is 5.91 Å². The average molecular weight is 264 g/mol. The van der Waals surface area contributed by atoms with Crippen molar-refractivity contribution in [1.29, 1.82) is 0 Å². The molecule has 2 bridgehead atoms. The third kappa shape index (κ3) is 2.81. The molecule has 0 aromatic carbocycles. The minimum atomic E-state index is 0.0461. The van der Waals surface area contributed by atoms with Crippen LogP contribution in [0.25, 0.3) is 0 Å². The lowest BCUT2D eigenvalue weighted by atomic mass is 9.84. The van der Waals surface area contributed by atoms with Gasteiger partial charge in [0, 0.05) is 12.1 Å². The molecule has 2 aliphatic carbocycles. The number of carbonyl (C=O) groups excluding carboxylic acids is 1. The number of amides is 1. The van der Waals surface area contributed by atoms with Crippen LogP contribution in [0.3, 0.4) is 0 Å². The lowest BCUT2D eigenvalue weighted by Gasteiger charge is -2.32. The smallest absolute Gasteiger partial charge is 0.237 e. The number of hydrogen-bond acceptors (Lipinski definition) is 2. The second-order valence-electron chi connectivity index (χ2n) is 7.19. The first kappa shape index (κ1) is 13.4. The van der Waals surface area contributed by atoms with Crippen LogP contribution in [0.1, 0.15) is 58.8 Å². The molecular weight excluding hydrogens is 236 g/mol. The molecule has 0 spiro atoms. The predicted octanol–water partition coefficient (Wildman–Crippen LogP) is 2.46. The number of piperidine rings is 1. The van der Waals surface area contributed by atoms with E-state index in [1.807, 2.05) is 0 Å². The quantitative estimate of drug-likeness (QED) is 0.822. The highest BCUT2D eigenvalue weighted by Gasteiger charge is 2.42. The molecule has 19 heavy (non-hydrogen) atoms. The van der Waals surface area contributed by atoms with E-state index in [9.17, 15) is 4.79 Å². The lowest BCUT2D eigenvalue weighted by molar-refractivity contribution is -0.125. The summed E-state index contributed by atoms with van der Waals surface area (Å²) in [5.74, 6) is 2.83. The number of fused-ring (bicyclic) bond motifs is 2. The van der Waals surface area contributed by atoms with Gasteiger partial charge in [-0.25, -0.2) is 0 Å². The van der Waals surface area contributed by atoms with Crippen LogP contribution in [0, 0.1) is 17.8 Å². The summed E-state index contributed by atoms with van der Waals surface area (Å²) in [6.07, 6.45) is 8.97. The molecule has 1 saturated heterocycles. The molecule has 0 aromatic rings. The first-order valence-corrected chi connectivity index (χ1v) is 8.20. The summed E-state index contributed by atoms with van der Waals surface area (Å²) in [5, 5.41) is 6.73. The fraction of sp³-hybridized carbons (Fsp3) is 0.938. The van der Waals surface area contributed by atoms with Gasteiger partial charge in [-0.3, -0.25) is 4.79 Å². The van der Waals surface area contributed by atoms with Crippen LogP contribution in [0.15, 0.2) is 0 Å². The highest BCUT2D eigenvalue weighted by molar-refractivity contribution is 5.82. The molecular formula is C16H28N2O. The van der Waals surface area contributed by atoms with Crippen LogP contribution in [0.5, 0.6) is 0 Å². The molecule has 6 atom stereocenters. The number of rotatable bonds is 3. The van der Waals surface area contributed by atoms with Crippen molar-refractivity contribution in [2.45, 2.75) is 76.9 Å². The maximum Gasteiger partial charge on any atom is 0.237 e. The van der Waals surface area contributed by atoms with Gasteiger partial charge in [0.25, 0.3) is 0 Å². The van der Waals surface area contributed by atoms with E-state index in [0.29, 0.717) is 12.1 Å². The Bertz CT molecular complexity index is 344. The van der Waals surface area contributed by atoms with Gasteiger partial charge >= 0.3 is 0 Å². The van der Waals surface area contributed by atoms with Crippen molar-refractivity contribution >= 4 is 5.91 Å². The lowest BCUT2D eigenvalue weighted by Crippen LogP contribution is -2.53. The third-order valence-electron chi connectivity index (χ3n) is 5.74. The Morgan fingerprint density at radius 2 is 2.05 bits per heavy atom. The van der Waals surface area contributed by atoms with Crippen molar-refractivity contribution in [2.75, 3.05) is 0 Å². The van der Waals surface area contributed by atoms with Crippen LogP contribution in [-0.2, 0) is 4.79 Å². The average Bonchev–Trinajstić information content (AvgIpc) is 3.00. The van der Waals surface area contributed by atoms with Gasteiger partial charge in [0.15, 0.2) is 0 Å². The molecule has 6 unspecified atom stereocenters. The zero-order valence-electron chi connectivity index (χ0n) is 12.3. The van der Waals surface area contributed by atoms with Crippen LogP contribution < -0.4 is 10.6 Å². The van der Waals surface area contributed by atoms with E-state index in [-0.39, 0.29) is 11.9 Å². The predicted molar refractivity (Wildman–Crippen MR) is 76.8 cm³/mol. The standard InChI is InChI=1S/C16H28N2O/c1-10-4-3-5-15(17-10)16(19)18-11(2)14-9-12-6-7-13(14)8-12/h10-15,17H,3-9H2,1-2H3,(H,18,19). The van der Waals surface area contributed by atoms with Crippen LogP contribution in [0.4, 0.5) is 0 Å². The van der Waals surface area contributed by atoms with Gasteiger partial charge in [-0.05, 0) is 70.1 Å². The Hall–Kier alpha value is -0.570. The van der Waals surface area contributed by atoms with Crippen molar-refractivity contribution in [3.05, 3.63) is 0 Å². The fourth-order valence-corrected chi connectivity index (χ4v) is 4.68. The van der Waals surface area contributed by atoms with Gasteiger partial charge < -0.3 is 10.6 Å². The summed E-state index contributed by atoms with van der Waals surface area (Å²) in [6.45, 7) is 4.40. The molecule has 1 amide bonds. The summed E-state index contributed by atoms with van der Waals surface area (Å²) < 4.78 is 0. The van der Waals surface area contributed by atoms with Crippen molar-refractivity contribution in [3.8, 4) is 0 Å². The molecule has 3 aliphatic rings. The van der Waals surface area contributed by atoms with Gasteiger partial charge in [-0.15, -0.1) is 0 Å². The second-order valence-corrected chi connectivity index (χ2v) is 7.19. The van der Waals surface area contributed by atoms with Crippen LogP contribution in [-0.4, -0.2) is 24.0 Å². The number of nitrogens with one attached hydrogen (secondary N) is 2. The molecule has 108 valence electrons. The summed E-state index contributed by atoms with van der Waals surface area (Å²) >= 11 is 0. The van der Waals surface area contributed by atoms with Gasteiger partial charge in [0.05, 0.1) is 6.04 Å². The molecule has 3 rings (SSSR count). The van der Waals surface area contributed by atoms with Crippen molar-refractivity contribution < 1.29 is 4.79 Å². The second kappa shape index (κ2) is 5.43. The summed E-state index contributed by atoms with van der Waals surface area (Å²) in [6, 6.07) is 0.897. The van der Waals surface area contributed by atoms with Gasteiger partial charge in [-0.2, -0.15) is 0 Å². The molecule has 3 fully saturated rings. The maximum absolute atomic E-state index is 12.3. The highest BCUT2D eigenvalue weighted by Crippen LogP contribution is 2.49. The van der Waals surface area contributed by atoms with Crippen LogP contribution in [0.2, 0.25) is 0 Å². The first-order chi connectivity index (χ1) is 9.13. The normalized spacial score (nSPS) is 43.2. The SMILES string of the molecule is CC1CCCC(C(=O)NC(C)C2CC3CCC2C3)N1. The molecule has 2 saturated carbocycles. The largest absolute Gasteiger partial charge is 0.352 e. The maximum atomic E-state index is 12.3. The highest BCUT2D eigenvalue weighted by atomic mass is 16.2. The summed E-state index contributed by atoms with van der Waals surface area (Å²) in [7, 11) is 0. The zero-order valence-corrected chi connectivity index (χ0v) is 12.3. The molecule has 3 nitrogen and oxygen atoms in total. The number of hydrogen-bond donors (Lipinski definition) is 2. The molecule has 1 aliphatic heterocycles.